The molecule has 0 aromatic rings. The molecule has 0 saturated carbocycles. The average Bonchev–Trinajstić information content (AvgIpc) is 3.55. The number of ether oxygens (including phenoxy) is 2. The normalized spacial score (nSPS) is 12.2. The van der Waals surface area contributed by atoms with Crippen LogP contribution in [-0.4, -0.2) is 36.4 Å². The van der Waals surface area contributed by atoms with Crippen molar-refractivity contribution in [1.29, 1.82) is 0 Å². The molecule has 0 aromatic heterocycles. The van der Waals surface area contributed by atoms with Crippen molar-refractivity contribution in [2.24, 2.45) is 0 Å². The smallest absolute Gasteiger partial charge is 0.306 e. The molecule has 0 aliphatic rings. The van der Waals surface area contributed by atoms with E-state index >= 15 is 0 Å². The van der Waals surface area contributed by atoms with Crippen molar-refractivity contribution in [3.8, 4) is 0 Å². The molecule has 0 amide bonds. The predicted octanol–water partition coefficient (Wildman–Crippen LogP) is 27.9. The molecule has 5 nitrogen and oxygen atoms in total. The number of allylic oxidation sites excluding steroid dienone is 4. The second-order valence-electron chi connectivity index (χ2n) is 27.5. The molecule has 0 saturated heterocycles. The molecule has 1 N–H and O–H groups in total. The van der Waals surface area contributed by atoms with Crippen LogP contribution in [0.3, 0.4) is 0 Å². The third-order valence-electron chi connectivity index (χ3n) is 18.7. The van der Waals surface area contributed by atoms with Gasteiger partial charge >= 0.3 is 11.9 Å². The first kappa shape index (κ1) is 84.4. The second-order valence-corrected chi connectivity index (χ2v) is 27.5. The first-order valence-electron chi connectivity index (χ1n) is 39.9. The molecular formula is C81H156O5. The molecule has 0 bridgehead atoms. The van der Waals surface area contributed by atoms with E-state index in [9.17, 15) is 14.7 Å². The Morgan fingerprint density at radius 3 is 0.686 bits per heavy atom. The van der Waals surface area contributed by atoms with Gasteiger partial charge in [0.25, 0.3) is 0 Å². The van der Waals surface area contributed by atoms with E-state index < -0.39 is 6.10 Å². The van der Waals surface area contributed by atoms with Gasteiger partial charge in [0.1, 0.15) is 6.61 Å². The summed E-state index contributed by atoms with van der Waals surface area (Å²) >= 11 is 0. The predicted molar refractivity (Wildman–Crippen MR) is 381 cm³/mol. The van der Waals surface area contributed by atoms with Gasteiger partial charge in [0.15, 0.2) is 6.10 Å². The number of carbonyl (C=O) groups excluding carboxylic acids is 2. The topological polar surface area (TPSA) is 72.8 Å². The van der Waals surface area contributed by atoms with E-state index in [4.69, 9.17) is 9.47 Å². The maximum Gasteiger partial charge on any atom is 0.306 e. The fourth-order valence-electron chi connectivity index (χ4n) is 12.8. The van der Waals surface area contributed by atoms with Gasteiger partial charge in [-0.1, -0.05) is 430 Å². The van der Waals surface area contributed by atoms with Crippen LogP contribution in [0.2, 0.25) is 0 Å². The maximum atomic E-state index is 12.4. The Hall–Kier alpha value is -1.62. The van der Waals surface area contributed by atoms with Gasteiger partial charge in [-0.25, -0.2) is 0 Å². The molecule has 0 fully saturated rings. The molecule has 0 heterocycles. The van der Waals surface area contributed by atoms with Crippen LogP contribution >= 0.6 is 0 Å². The number of rotatable bonds is 76. The van der Waals surface area contributed by atoms with E-state index in [-0.39, 0.29) is 25.2 Å². The van der Waals surface area contributed by atoms with Crippen molar-refractivity contribution >= 4 is 11.9 Å². The summed E-state index contributed by atoms with van der Waals surface area (Å²) in [5.41, 5.74) is 0. The van der Waals surface area contributed by atoms with E-state index in [1.165, 1.54) is 398 Å². The van der Waals surface area contributed by atoms with Crippen LogP contribution in [0.5, 0.6) is 0 Å². The Morgan fingerprint density at radius 1 is 0.267 bits per heavy atom. The van der Waals surface area contributed by atoms with Crippen LogP contribution in [0.25, 0.3) is 0 Å². The summed E-state index contributed by atoms with van der Waals surface area (Å²) in [4.78, 5) is 24.7. The van der Waals surface area contributed by atoms with Gasteiger partial charge in [-0.3, -0.25) is 9.59 Å². The fourth-order valence-corrected chi connectivity index (χ4v) is 12.8. The summed E-state index contributed by atoms with van der Waals surface area (Å²) in [5.74, 6) is -0.558. The molecule has 0 aromatic carbocycles. The van der Waals surface area contributed by atoms with E-state index in [0.29, 0.717) is 12.8 Å². The lowest BCUT2D eigenvalue weighted by molar-refractivity contribution is -0.161. The number of aliphatic hydroxyl groups is 1. The van der Waals surface area contributed by atoms with Crippen LogP contribution in [0.1, 0.15) is 463 Å². The van der Waals surface area contributed by atoms with Gasteiger partial charge in [0.05, 0.1) is 6.61 Å². The Kier molecular flexibility index (Phi) is 76.2. The molecule has 0 radical (unpaired) electrons. The lowest BCUT2D eigenvalue weighted by atomic mass is 10.0. The highest BCUT2D eigenvalue weighted by molar-refractivity contribution is 5.70. The Balaban J connectivity index is 3.34. The van der Waals surface area contributed by atoms with Crippen molar-refractivity contribution < 1.29 is 24.2 Å². The summed E-state index contributed by atoms with van der Waals surface area (Å²) in [6.07, 6.45) is 103. The van der Waals surface area contributed by atoms with Gasteiger partial charge in [-0.05, 0) is 44.9 Å². The zero-order chi connectivity index (χ0) is 61.9. The summed E-state index contributed by atoms with van der Waals surface area (Å²) in [6.45, 7) is 4.21. The minimum Gasteiger partial charge on any atom is -0.462 e. The molecule has 0 aliphatic carbocycles. The third kappa shape index (κ3) is 74.8. The molecule has 5 heteroatoms. The van der Waals surface area contributed by atoms with Gasteiger partial charge in [0.2, 0.25) is 0 Å². The second kappa shape index (κ2) is 77.6. The molecule has 1 atom stereocenters. The van der Waals surface area contributed by atoms with Crippen LogP contribution in [0.15, 0.2) is 24.3 Å². The van der Waals surface area contributed by atoms with Gasteiger partial charge in [-0.15, -0.1) is 0 Å². The van der Waals surface area contributed by atoms with Crippen molar-refractivity contribution in [2.75, 3.05) is 13.2 Å². The number of unbranched alkanes of at least 4 members (excludes halogenated alkanes) is 64. The zero-order valence-corrected chi connectivity index (χ0v) is 58.9. The lowest BCUT2D eigenvalue weighted by Gasteiger charge is -2.15. The first-order chi connectivity index (χ1) is 42.6. The Labute approximate surface area is 540 Å². The van der Waals surface area contributed by atoms with Crippen molar-refractivity contribution in [2.45, 2.75) is 469 Å². The fraction of sp³-hybridized carbons (Fsp3) is 0.926. The van der Waals surface area contributed by atoms with Crippen LogP contribution in [-0.2, 0) is 19.1 Å². The summed E-state index contributed by atoms with van der Waals surface area (Å²) in [6, 6.07) is 0. The quantitative estimate of drug-likeness (QED) is 0.0373. The van der Waals surface area contributed by atoms with Gasteiger partial charge in [0, 0.05) is 12.8 Å². The summed E-state index contributed by atoms with van der Waals surface area (Å²) in [5, 5.41) is 9.73. The van der Waals surface area contributed by atoms with Gasteiger partial charge < -0.3 is 14.6 Å². The van der Waals surface area contributed by atoms with E-state index in [2.05, 4.69) is 38.2 Å². The number of hydrogen-bond acceptors (Lipinski definition) is 5. The first-order valence-corrected chi connectivity index (χ1v) is 39.9. The van der Waals surface area contributed by atoms with Gasteiger partial charge in [-0.2, -0.15) is 0 Å². The highest BCUT2D eigenvalue weighted by Crippen LogP contribution is 2.20. The average molecular weight is 1210 g/mol. The number of carbonyl (C=O) groups is 2. The zero-order valence-electron chi connectivity index (χ0n) is 58.9. The number of aliphatic hydroxyl groups excluding tert-OH is 1. The molecule has 0 aliphatic heterocycles. The Morgan fingerprint density at radius 2 is 0.465 bits per heavy atom. The standard InChI is InChI=1S/C81H156O5/c1-3-5-7-9-11-13-15-17-19-21-23-25-27-29-31-33-35-37-38-39-40-41-42-44-46-48-50-52-54-56-58-60-62-64-66-68-70-72-74-76-81(84)86-79(77-82)78-85-80(83)75-73-71-69-67-65-63-61-59-57-55-53-51-49-47-45-43-36-34-32-30-28-26-24-22-20-18-16-14-12-10-8-6-4-2/h15,17,21,23,79,82H,3-14,16,18-20,22,24-78H2,1-2H3/b17-15-,23-21-. The van der Waals surface area contributed by atoms with Crippen LogP contribution in [0, 0.1) is 0 Å². The summed E-state index contributed by atoms with van der Waals surface area (Å²) < 4.78 is 10.8. The van der Waals surface area contributed by atoms with Crippen molar-refractivity contribution in [3.63, 3.8) is 0 Å². The van der Waals surface area contributed by atoms with Crippen molar-refractivity contribution in [1.82, 2.24) is 0 Å². The van der Waals surface area contributed by atoms with Crippen molar-refractivity contribution in [3.05, 3.63) is 24.3 Å². The third-order valence-corrected chi connectivity index (χ3v) is 18.7. The SMILES string of the molecule is CCCCCCC/C=C\C/C=C\CCCCCCCCCCCCCCCCCCCCCCCCCCCCCC(=O)OC(CO)COC(=O)CCCCCCCCCCCCCCCCCCCCCCCCCCCCCCCCCCC. The highest BCUT2D eigenvalue weighted by Gasteiger charge is 2.16. The van der Waals surface area contributed by atoms with E-state index in [1.54, 1.807) is 0 Å². The van der Waals surface area contributed by atoms with Crippen LogP contribution < -0.4 is 0 Å². The largest absolute Gasteiger partial charge is 0.462 e. The lowest BCUT2D eigenvalue weighted by Crippen LogP contribution is -2.28. The molecule has 0 rings (SSSR count). The highest BCUT2D eigenvalue weighted by atomic mass is 16.6. The monoisotopic (exact) mass is 1210 g/mol. The molecule has 1 unspecified atom stereocenters. The molecular weight excluding hydrogens is 1050 g/mol. The maximum absolute atomic E-state index is 12.4. The molecule has 86 heavy (non-hydrogen) atoms. The number of esters is 2. The summed E-state index contributed by atoms with van der Waals surface area (Å²) in [7, 11) is 0. The van der Waals surface area contributed by atoms with E-state index in [0.717, 1.165) is 38.5 Å². The molecule has 510 valence electrons. The van der Waals surface area contributed by atoms with Crippen LogP contribution in [0.4, 0.5) is 0 Å². The van der Waals surface area contributed by atoms with E-state index in [1.807, 2.05) is 0 Å². The minimum absolute atomic E-state index is 0.0566. The minimum atomic E-state index is -0.768. The number of hydrogen-bond donors (Lipinski definition) is 1. The molecule has 0 spiro atoms. The Bertz CT molecular complexity index is 1320.